The van der Waals surface area contributed by atoms with E-state index in [0.29, 0.717) is 23.9 Å². The van der Waals surface area contributed by atoms with Crippen LogP contribution < -0.4 is 20.1 Å². The van der Waals surface area contributed by atoms with Gasteiger partial charge in [0.25, 0.3) is 0 Å². The second-order valence-corrected chi connectivity index (χ2v) is 7.79. The van der Waals surface area contributed by atoms with Gasteiger partial charge in [-0.2, -0.15) is 0 Å². The number of methoxy groups -OCH3 is 1. The van der Waals surface area contributed by atoms with Gasteiger partial charge in [-0.3, -0.25) is 4.72 Å². The van der Waals surface area contributed by atoms with Crippen LogP contribution in [0.5, 0.6) is 5.75 Å². The molecular formula is C16H25N3O5S. The van der Waals surface area contributed by atoms with Crippen molar-refractivity contribution in [3.8, 4) is 5.75 Å². The molecule has 9 heteroatoms. The third kappa shape index (κ3) is 6.79. The van der Waals surface area contributed by atoms with E-state index in [0.717, 1.165) is 38.7 Å². The van der Waals surface area contributed by atoms with Crippen molar-refractivity contribution in [1.82, 2.24) is 5.32 Å². The maximum Gasteiger partial charge on any atom is 0.319 e. The Balaban J connectivity index is 1.88. The lowest BCUT2D eigenvalue weighted by Gasteiger charge is -2.22. The molecule has 1 aromatic rings. The molecule has 0 aliphatic carbocycles. The van der Waals surface area contributed by atoms with Gasteiger partial charge in [0.1, 0.15) is 5.75 Å². The largest absolute Gasteiger partial charge is 0.495 e. The van der Waals surface area contributed by atoms with E-state index in [1.807, 2.05) is 0 Å². The van der Waals surface area contributed by atoms with Crippen molar-refractivity contribution in [1.29, 1.82) is 0 Å². The first-order valence-corrected chi connectivity index (χ1v) is 10.0. The predicted octanol–water partition coefficient (Wildman–Crippen LogP) is 2.00. The van der Waals surface area contributed by atoms with Gasteiger partial charge in [-0.25, -0.2) is 13.2 Å². The number of nitrogens with one attached hydrogen (secondary N) is 3. The predicted molar refractivity (Wildman–Crippen MR) is 96.6 cm³/mol. The van der Waals surface area contributed by atoms with Crippen molar-refractivity contribution in [3.05, 3.63) is 18.2 Å². The maximum absolute atomic E-state index is 12.0. The minimum absolute atomic E-state index is 0.266. The van der Waals surface area contributed by atoms with Gasteiger partial charge in [-0.1, -0.05) is 0 Å². The van der Waals surface area contributed by atoms with Crippen molar-refractivity contribution in [2.45, 2.75) is 19.3 Å². The summed E-state index contributed by atoms with van der Waals surface area (Å²) in [6.07, 6.45) is 4.12. The van der Waals surface area contributed by atoms with Crippen molar-refractivity contribution >= 4 is 27.4 Å². The molecule has 1 fully saturated rings. The first-order valence-electron chi connectivity index (χ1n) is 8.16. The SMILES string of the molecule is COc1ccc(NC(=O)NCCC2CCCOC2)cc1NS(C)(=O)=O. The summed E-state index contributed by atoms with van der Waals surface area (Å²) in [5.41, 5.74) is 0.729. The van der Waals surface area contributed by atoms with Crippen LogP contribution in [-0.2, 0) is 14.8 Å². The molecule has 0 spiro atoms. The molecule has 1 saturated heterocycles. The van der Waals surface area contributed by atoms with Crippen molar-refractivity contribution in [2.24, 2.45) is 5.92 Å². The monoisotopic (exact) mass is 371 g/mol. The molecule has 2 rings (SSSR count). The Bertz CT molecular complexity index is 687. The Labute approximate surface area is 148 Å². The summed E-state index contributed by atoms with van der Waals surface area (Å²) in [4.78, 5) is 12.0. The molecule has 1 aliphatic rings. The van der Waals surface area contributed by atoms with Crippen LogP contribution in [0.3, 0.4) is 0 Å². The molecule has 25 heavy (non-hydrogen) atoms. The Kier molecular flexibility index (Phi) is 6.89. The quantitative estimate of drug-likeness (QED) is 0.680. The zero-order valence-corrected chi connectivity index (χ0v) is 15.3. The highest BCUT2D eigenvalue weighted by Crippen LogP contribution is 2.28. The number of urea groups is 1. The Morgan fingerprint density at radius 2 is 2.20 bits per heavy atom. The highest BCUT2D eigenvalue weighted by atomic mass is 32.2. The van der Waals surface area contributed by atoms with Gasteiger partial charge in [-0.15, -0.1) is 0 Å². The minimum Gasteiger partial charge on any atom is -0.495 e. The van der Waals surface area contributed by atoms with Crippen LogP contribution in [-0.4, -0.2) is 47.6 Å². The standard InChI is InChI=1S/C16H25N3O5S/c1-23-15-6-5-13(10-14(15)19-25(2,21)22)18-16(20)17-8-7-12-4-3-9-24-11-12/h5-6,10,12,19H,3-4,7-9,11H2,1-2H3,(H2,17,18,20). The van der Waals surface area contributed by atoms with Gasteiger partial charge in [-0.05, 0) is 43.4 Å². The maximum atomic E-state index is 12.0. The molecule has 1 heterocycles. The molecule has 3 N–H and O–H groups in total. The van der Waals surface area contributed by atoms with E-state index >= 15 is 0 Å². The molecule has 0 bridgehead atoms. The average Bonchev–Trinajstić information content (AvgIpc) is 2.54. The third-order valence-electron chi connectivity index (χ3n) is 3.85. The Hall–Kier alpha value is -2.00. The minimum atomic E-state index is -3.45. The molecule has 0 radical (unpaired) electrons. The normalized spacial score (nSPS) is 17.6. The Morgan fingerprint density at radius 1 is 1.40 bits per heavy atom. The number of sulfonamides is 1. The summed E-state index contributed by atoms with van der Waals surface area (Å²) in [5, 5.41) is 5.48. The first-order chi connectivity index (χ1) is 11.9. The number of hydrogen-bond donors (Lipinski definition) is 3. The fraction of sp³-hybridized carbons (Fsp3) is 0.562. The number of ether oxygens (including phenoxy) is 2. The smallest absolute Gasteiger partial charge is 0.319 e. The van der Waals surface area contributed by atoms with E-state index in [9.17, 15) is 13.2 Å². The zero-order valence-electron chi connectivity index (χ0n) is 14.5. The molecule has 1 atom stereocenters. The first kappa shape index (κ1) is 19.3. The number of benzene rings is 1. The van der Waals surface area contributed by atoms with Gasteiger partial charge >= 0.3 is 6.03 Å². The van der Waals surface area contributed by atoms with Crippen LogP contribution in [0, 0.1) is 5.92 Å². The summed E-state index contributed by atoms with van der Waals surface area (Å²) >= 11 is 0. The van der Waals surface area contributed by atoms with Crippen LogP contribution in [0.1, 0.15) is 19.3 Å². The lowest BCUT2D eigenvalue weighted by molar-refractivity contribution is 0.0520. The summed E-state index contributed by atoms with van der Waals surface area (Å²) < 4.78 is 35.7. The van der Waals surface area contributed by atoms with Crippen LogP contribution in [0.4, 0.5) is 16.2 Å². The number of hydrogen-bond acceptors (Lipinski definition) is 5. The fourth-order valence-electron chi connectivity index (χ4n) is 2.67. The Morgan fingerprint density at radius 3 is 2.84 bits per heavy atom. The van der Waals surface area contributed by atoms with E-state index in [1.165, 1.54) is 13.2 Å². The second kappa shape index (κ2) is 8.91. The third-order valence-corrected chi connectivity index (χ3v) is 4.44. The van der Waals surface area contributed by atoms with E-state index < -0.39 is 10.0 Å². The highest BCUT2D eigenvalue weighted by molar-refractivity contribution is 7.92. The van der Waals surface area contributed by atoms with E-state index in [2.05, 4.69) is 15.4 Å². The van der Waals surface area contributed by atoms with Crippen molar-refractivity contribution in [2.75, 3.05) is 43.2 Å². The lowest BCUT2D eigenvalue weighted by Crippen LogP contribution is -2.31. The average molecular weight is 371 g/mol. The fourth-order valence-corrected chi connectivity index (χ4v) is 3.22. The molecule has 1 aliphatic heterocycles. The number of carbonyl (C=O) groups excluding carboxylic acids is 1. The topological polar surface area (TPSA) is 106 Å². The van der Waals surface area contributed by atoms with Crippen LogP contribution in [0.15, 0.2) is 18.2 Å². The number of rotatable bonds is 7. The van der Waals surface area contributed by atoms with Crippen LogP contribution in [0.2, 0.25) is 0 Å². The van der Waals surface area contributed by atoms with Crippen LogP contribution >= 0.6 is 0 Å². The van der Waals surface area contributed by atoms with Gasteiger partial charge in [0.05, 0.1) is 19.1 Å². The molecule has 2 amide bonds. The van der Waals surface area contributed by atoms with Gasteiger partial charge < -0.3 is 20.1 Å². The molecule has 1 unspecified atom stereocenters. The lowest BCUT2D eigenvalue weighted by atomic mass is 9.99. The summed E-state index contributed by atoms with van der Waals surface area (Å²) in [5.74, 6) is 0.856. The number of anilines is 2. The molecule has 0 saturated carbocycles. The van der Waals surface area contributed by atoms with Crippen LogP contribution in [0.25, 0.3) is 0 Å². The number of amides is 2. The molecular weight excluding hydrogens is 346 g/mol. The number of carbonyl (C=O) groups is 1. The molecule has 140 valence electrons. The van der Waals surface area contributed by atoms with Crippen molar-refractivity contribution in [3.63, 3.8) is 0 Å². The van der Waals surface area contributed by atoms with E-state index in [4.69, 9.17) is 9.47 Å². The van der Waals surface area contributed by atoms with E-state index in [1.54, 1.807) is 12.1 Å². The van der Waals surface area contributed by atoms with Crippen molar-refractivity contribution < 1.29 is 22.7 Å². The highest BCUT2D eigenvalue weighted by Gasteiger charge is 2.14. The van der Waals surface area contributed by atoms with Gasteiger partial charge in [0, 0.05) is 25.4 Å². The molecule has 8 nitrogen and oxygen atoms in total. The summed E-state index contributed by atoms with van der Waals surface area (Å²) in [7, 11) is -2.01. The van der Waals surface area contributed by atoms with Gasteiger partial charge in [0.2, 0.25) is 10.0 Å². The van der Waals surface area contributed by atoms with E-state index in [-0.39, 0.29) is 11.7 Å². The van der Waals surface area contributed by atoms with Gasteiger partial charge in [0.15, 0.2) is 0 Å². The second-order valence-electron chi connectivity index (χ2n) is 6.04. The summed E-state index contributed by atoms with van der Waals surface area (Å²) in [6.45, 7) is 2.14. The molecule has 1 aromatic carbocycles. The molecule has 0 aromatic heterocycles. The summed E-state index contributed by atoms with van der Waals surface area (Å²) in [6, 6.07) is 4.39. The zero-order chi connectivity index (χ0) is 18.3.